The third-order valence-corrected chi connectivity index (χ3v) is 21.1. The van der Waals surface area contributed by atoms with Gasteiger partial charge in [-0.05, 0) is 0 Å². The van der Waals surface area contributed by atoms with Crippen LogP contribution in [0.25, 0.3) is 21.5 Å². The molecule has 47 heavy (non-hydrogen) atoms. The Kier molecular flexibility index (Phi) is 4.05. The summed E-state index contributed by atoms with van der Waals surface area (Å²) in [7, 11) is 0. The van der Waals surface area contributed by atoms with E-state index in [9.17, 15) is 0 Å². The zero-order valence-corrected chi connectivity index (χ0v) is 28.8. The third-order valence-electron chi connectivity index (χ3n) is 10.3. The van der Waals surface area contributed by atoms with Crippen LogP contribution >= 0.6 is 68.6 Å². The van der Waals surface area contributed by atoms with Crippen molar-refractivity contribution in [1.82, 2.24) is 8.47 Å². The van der Waals surface area contributed by atoms with E-state index in [2.05, 4.69) is 0 Å². The first kappa shape index (κ1) is 26.2. The number of hydrogen-bond donors (Lipinski definition) is 0. The van der Waals surface area contributed by atoms with Gasteiger partial charge in [-0.25, -0.2) is 0 Å². The monoisotopic (exact) mass is 746 g/mol. The SMILES string of the molecule is Clc1cccc2c1C1=Nc3c4cccc(Cl)c4c4n3[Si-2]35(Cl)(Cl)n6c(c7cccc(Cl)c7c6=NC2=[N+]13)=NC1=[N+]5C(=N4)c2cccc(Cl)c21. The second-order valence-corrected chi connectivity index (χ2v) is 24.3. The van der Waals surface area contributed by atoms with Crippen molar-refractivity contribution in [3.63, 3.8) is 0 Å². The standard InChI is InChI=1S/C32H12Cl6N8Si/c33-17-9-1-5-13-21(17)29-40-26-15-7-3-11-19(35)23(15)31-42-28-16-8-4-12-20(36)24(16)32-41-27-14-6-2-10-18(34)22(14)30-39-25(13)43(29)47(37,38,44(27)30,45(26)31)46(28)32/h1-12H. The normalized spacial score (nSPS) is 21.4. The van der Waals surface area contributed by atoms with Crippen molar-refractivity contribution in [1.29, 1.82) is 0 Å². The van der Waals surface area contributed by atoms with Crippen LogP contribution in [0, 0.1) is 0 Å². The van der Waals surface area contributed by atoms with Crippen LogP contribution in [0.3, 0.4) is 0 Å². The molecular weight excluding hydrogens is 737 g/mol. The van der Waals surface area contributed by atoms with Crippen LogP contribution in [0.1, 0.15) is 22.3 Å². The summed E-state index contributed by atoms with van der Waals surface area (Å²) < 4.78 is 7.57. The Bertz CT molecular complexity index is 3040. The zero-order chi connectivity index (χ0) is 31.6. The van der Waals surface area contributed by atoms with E-state index >= 15 is 0 Å². The van der Waals surface area contributed by atoms with Gasteiger partial charge < -0.3 is 0 Å². The predicted molar refractivity (Wildman–Crippen MR) is 189 cm³/mol. The number of amidine groups is 4. The summed E-state index contributed by atoms with van der Waals surface area (Å²) >= 11 is 46.1. The molecule has 0 saturated carbocycles. The van der Waals surface area contributed by atoms with Crippen molar-refractivity contribution in [2.75, 3.05) is 0 Å². The van der Waals surface area contributed by atoms with Crippen LogP contribution in [0.2, 0.25) is 20.1 Å². The Balaban J connectivity index is 1.51. The zero-order valence-electron chi connectivity index (χ0n) is 23.3. The van der Waals surface area contributed by atoms with Crippen LogP contribution < -0.4 is 11.0 Å². The maximum absolute atomic E-state index is 8.99. The van der Waals surface area contributed by atoms with E-state index in [1.54, 1.807) is 0 Å². The average Bonchev–Trinajstić information content (AvgIpc) is 3.75. The van der Waals surface area contributed by atoms with Crippen molar-refractivity contribution in [3.8, 4) is 0 Å². The maximum atomic E-state index is 8.99. The van der Waals surface area contributed by atoms with Crippen LogP contribution in [0.4, 0.5) is 11.6 Å². The molecule has 6 aliphatic rings. The number of benzene rings is 4. The van der Waals surface area contributed by atoms with Gasteiger partial charge in [0.25, 0.3) is 0 Å². The molecule has 0 unspecified atom stereocenters. The number of nitrogens with zero attached hydrogens (tertiary/aromatic N) is 8. The van der Waals surface area contributed by atoms with E-state index in [1.807, 2.05) is 89.7 Å². The summed E-state index contributed by atoms with van der Waals surface area (Å²) in [6.45, 7) is 0. The number of halogens is 6. The molecule has 2 aromatic heterocycles. The van der Waals surface area contributed by atoms with Gasteiger partial charge in [0.05, 0.1) is 0 Å². The van der Waals surface area contributed by atoms with Gasteiger partial charge in [-0.3, -0.25) is 0 Å². The Morgan fingerprint density at radius 1 is 0.511 bits per heavy atom. The van der Waals surface area contributed by atoms with E-state index in [1.165, 1.54) is 0 Å². The van der Waals surface area contributed by atoms with Gasteiger partial charge >= 0.3 is 294 Å². The molecule has 0 aliphatic carbocycles. The molecule has 15 heteroatoms. The first-order valence-corrected chi connectivity index (χ1v) is 20.9. The van der Waals surface area contributed by atoms with Crippen LogP contribution in [0.15, 0.2) is 92.8 Å². The minimum absolute atomic E-state index is 0.460. The van der Waals surface area contributed by atoms with E-state index in [0.717, 1.165) is 21.9 Å². The molecule has 1 spiro atoms. The fraction of sp³-hybridized carbons (Fsp3) is 0. The molecule has 6 aliphatic heterocycles. The Labute approximate surface area is 292 Å². The minimum atomic E-state index is -6.39. The molecule has 0 N–H and O–H groups in total. The summed E-state index contributed by atoms with van der Waals surface area (Å²) in [5.74, 6) is -3.55. The topological polar surface area (TPSA) is 65.3 Å². The molecule has 8 nitrogen and oxygen atoms in total. The fourth-order valence-electron chi connectivity index (χ4n) is 8.72. The number of aromatic nitrogens is 2. The molecule has 8 heterocycles. The van der Waals surface area contributed by atoms with Crippen molar-refractivity contribution < 1.29 is 8.48 Å². The number of aliphatic imine (C=N–C) groups is 2. The molecule has 6 aromatic rings. The summed E-state index contributed by atoms with van der Waals surface area (Å²) in [6.07, 6.45) is 0. The van der Waals surface area contributed by atoms with Crippen molar-refractivity contribution in [2.45, 2.75) is 0 Å². The number of fused-ring (bicyclic) bond motifs is 12. The first-order chi connectivity index (χ1) is 22.6. The molecule has 4 aromatic carbocycles. The fourth-order valence-corrected chi connectivity index (χ4v) is 19.7. The second kappa shape index (κ2) is 7.28. The second-order valence-electron chi connectivity index (χ2n) is 12.4. The molecule has 0 fully saturated rings. The quantitative estimate of drug-likeness (QED) is 0.115. The van der Waals surface area contributed by atoms with Crippen LogP contribution in [-0.2, 0) is 0 Å². The third kappa shape index (κ3) is 2.30. The molecule has 0 bridgehead atoms. The van der Waals surface area contributed by atoms with E-state index < -0.39 is 5.89 Å². The van der Waals surface area contributed by atoms with Gasteiger partial charge in [-0.1, -0.05) is 0 Å². The summed E-state index contributed by atoms with van der Waals surface area (Å²) in [6, 6.07) is 22.6. The summed E-state index contributed by atoms with van der Waals surface area (Å²) in [5.41, 5.74) is 3.73. The molecule has 12 rings (SSSR count). The molecule has 226 valence electrons. The van der Waals surface area contributed by atoms with Gasteiger partial charge in [0.1, 0.15) is 0 Å². The number of rotatable bonds is 0. The molecule has 0 amide bonds. The molecular formula is C32H12Cl6N8Si. The van der Waals surface area contributed by atoms with Gasteiger partial charge in [-0.15, -0.1) is 0 Å². The van der Waals surface area contributed by atoms with Crippen LogP contribution in [-0.4, -0.2) is 46.2 Å². The van der Waals surface area contributed by atoms with Gasteiger partial charge in [0.2, 0.25) is 0 Å². The molecule has 0 atom stereocenters. The van der Waals surface area contributed by atoms with E-state index in [0.29, 0.717) is 87.9 Å². The average molecular weight is 749 g/mol. The van der Waals surface area contributed by atoms with Crippen molar-refractivity contribution in [3.05, 3.63) is 126 Å². The summed E-state index contributed by atoms with van der Waals surface area (Å²) in [4.78, 5) is 21.3. The Morgan fingerprint density at radius 2 is 1.11 bits per heavy atom. The predicted octanol–water partition coefficient (Wildman–Crippen LogP) is 7.42. The number of hydrogen-bond acceptors (Lipinski definition) is 4. The Morgan fingerprint density at radius 3 is 1.89 bits per heavy atom. The van der Waals surface area contributed by atoms with E-state index in [-0.39, 0.29) is 0 Å². The Hall–Kier alpha value is -3.80. The summed E-state index contributed by atoms with van der Waals surface area (Å²) in [5, 5.41) is 4.69. The molecule has 0 radical (unpaired) electrons. The van der Waals surface area contributed by atoms with Crippen LogP contribution in [0.5, 0.6) is 0 Å². The molecule has 0 saturated heterocycles. The van der Waals surface area contributed by atoms with Gasteiger partial charge in [-0.2, -0.15) is 0 Å². The van der Waals surface area contributed by atoms with Crippen molar-refractivity contribution >= 4 is 131 Å². The van der Waals surface area contributed by atoms with Gasteiger partial charge in [0.15, 0.2) is 0 Å². The van der Waals surface area contributed by atoms with E-state index in [4.69, 9.17) is 88.5 Å². The first-order valence-electron chi connectivity index (χ1n) is 14.6. The van der Waals surface area contributed by atoms with Gasteiger partial charge in [0, 0.05) is 0 Å². The van der Waals surface area contributed by atoms with Crippen molar-refractivity contribution in [2.24, 2.45) is 20.0 Å².